The van der Waals surface area contributed by atoms with E-state index in [4.69, 9.17) is 16.4 Å². The highest BCUT2D eigenvalue weighted by atomic mass is 35.5. The van der Waals surface area contributed by atoms with Gasteiger partial charge < -0.3 is 10.2 Å². The fourth-order valence-corrected chi connectivity index (χ4v) is 2.16. The first-order valence-electron chi connectivity index (χ1n) is 7.45. The molecule has 120 valence electrons. The van der Waals surface area contributed by atoms with Gasteiger partial charge in [-0.3, -0.25) is 4.79 Å². The summed E-state index contributed by atoms with van der Waals surface area (Å²) in [4.78, 5) is 17.4. The Hall–Kier alpha value is -2.33. The number of hydrogen-bond acceptors (Lipinski definition) is 3. The summed E-state index contributed by atoms with van der Waals surface area (Å²) in [6.07, 6.45) is 1.46. The highest BCUT2D eigenvalue weighted by molar-refractivity contribution is 6.30. The van der Waals surface area contributed by atoms with Crippen molar-refractivity contribution < 1.29 is 9.63 Å². The number of halogens is 1. The number of rotatable bonds is 7. The van der Waals surface area contributed by atoms with E-state index in [0.717, 1.165) is 11.1 Å². The fraction of sp³-hybridized carbons (Fsp3) is 0.222. The first kappa shape index (κ1) is 17.0. The summed E-state index contributed by atoms with van der Waals surface area (Å²) in [5.74, 6) is -0.181. The first-order chi connectivity index (χ1) is 11.2. The molecule has 0 fully saturated rings. The van der Waals surface area contributed by atoms with Gasteiger partial charge >= 0.3 is 0 Å². The summed E-state index contributed by atoms with van der Waals surface area (Å²) in [5, 5.41) is 7.36. The van der Waals surface area contributed by atoms with Crippen LogP contribution in [0.2, 0.25) is 5.02 Å². The SMILES string of the molecule is CCC(ON=Cc1cccc(Cl)c1)C(=O)NCc1ccccc1. The van der Waals surface area contributed by atoms with Crippen molar-refractivity contribution in [3.63, 3.8) is 0 Å². The molecule has 1 atom stereocenters. The van der Waals surface area contributed by atoms with Crippen molar-refractivity contribution in [3.05, 3.63) is 70.7 Å². The van der Waals surface area contributed by atoms with Crippen molar-refractivity contribution in [1.82, 2.24) is 5.32 Å². The molecule has 23 heavy (non-hydrogen) atoms. The van der Waals surface area contributed by atoms with Crippen LogP contribution in [-0.4, -0.2) is 18.2 Å². The first-order valence-corrected chi connectivity index (χ1v) is 7.83. The number of amides is 1. The predicted octanol–water partition coefficient (Wildman–Crippen LogP) is 3.79. The van der Waals surface area contributed by atoms with E-state index in [1.807, 2.05) is 49.4 Å². The maximum absolute atomic E-state index is 12.1. The number of nitrogens with zero attached hydrogens (tertiary/aromatic N) is 1. The second kappa shape index (κ2) is 8.96. The van der Waals surface area contributed by atoms with Crippen LogP contribution in [0.15, 0.2) is 59.8 Å². The molecule has 0 aliphatic rings. The van der Waals surface area contributed by atoms with Gasteiger partial charge in [0.25, 0.3) is 5.91 Å². The number of nitrogens with one attached hydrogen (secondary N) is 1. The average molecular weight is 331 g/mol. The second-order valence-corrected chi connectivity index (χ2v) is 5.43. The molecule has 1 unspecified atom stereocenters. The van der Waals surface area contributed by atoms with Gasteiger partial charge in [-0.15, -0.1) is 0 Å². The van der Waals surface area contributed by atoms with E-state index >= 15 is 0 Å². The lowest BCUT2D eigenvalue weighted by Gasteiger charge is -2.13. The van der Waals surface area contributed by atoms with Crippen molar-refractivity contribution >= 4 is 23.7 Å². The Morgan fingerprint density at radius 2 is 2.04 bits per heavy atom. The molecule has 5 heteroatoms. The molecule has 0 saturated carbocycles. The summed E-state index contributed by atoms with van der Waals surface area (Å²) in [5.41, 5.74) is 1.86. The fourth-order valence-electron chi connectivity index (χ4n) is 1.96. The van der Waals surface area contributed by atoms with Crippen molar-refractivity contribution in [2.75, 3.05) is 0 Å². The Balaban J connectivity index is 1.85. The van der Waals surface area contributed by atoms with Crippen molar-refractivity contribution in [1.29, 1.82) is 0 Å². The van der Waals surface area contributed by atoms with Crippen LogP contribution in [0.25, 0.3) is 0 Å². The summed E-state index contributed by atoms with van der Waals surface area (Å²) < 4.78 is 0. The molecule has 1 N–H and O–H groups in total. The van der Waals surface area contributed by atoms with Gasteiger partial charge in [0, 0.05) is 11.6 Å². The van der Waals surface area contributed by atoms with E-state index < -0.39 is 6.10 Å². The molecule has 0 heterocycles. The van der Waals surface area contributed by atoms with E-state index in [0.29, 0.717) is 18.0 Å². The Morgan fingerprint density at radius 1 is 1.26 bits per heavy atom. The maximum Gasteiger partial charge on any atom is 0.264 e. The molecule has 2 aromatic rings. The summed E-state index contributed by atoms with van der Waals surface area (Å²) >= 11 is 5.90. The normalized spacial score (nSPS) is 12.1. The summed E-state index contributed by atoms with van der Waals surface area (Å²) in [6, 6.07) is 17.0. The molecule has 0 radical (unpaired) electrons. The van der Waals surface area contributed by atoms with Gasteiger partial charge in [-0.25, -0.2) is 0 Å². The van der Waals surface area contributed by atoms with E-state index in [9.17, 15) is 4.79 Å². The number of oxime groups is 1. The van der Waals surface area contributed by atoms with Crippen molar-refractivity contribution in [3.8, 4) is 0 Å². The number of benzene rings is 2. The third-order valence-electron chi connectivity index (χ3n) is 3.21. The standard InChI is InChI=1S/C18H19ClN2O2/c1-2-17(18(22)20-12-14-7-4-3-5-8-14)23-21-13-15-9-6-10-16(19)11-15/h3-11,13,17H,2,12H2,1H3,(H,20,22). The number of hydrogen-bond donors (Lipinski definition) is 1. The van der Waals surface area contributed by atoms with Crippen LogP contribution >= 0.6 is 11.6 Å². The van der Waals surface area contributed by atoms with Crippen LogP contribution < -0.4 is 5.32 Å². The minimum atomic E-state index is -0.617. The third kappa shape index (κ3) is 5.75. The molecule has 0 aromatic heterocycles. The summed E-state index contributed by atoms with van der Waals surface area (Å²) in [6.45, 7) is 2.35. The molecule has 4 nitrogen and oxygen atoms in total. The topological polar surface area (TPSA) is 50.7 Å². The largest absolute Gasteiger partial charge is 0.382 e. The van der Waals surface area contributed by atoms with Crippen LogP contribution in [0.3, 0.4) is 0 Å². The number of carbonyl (C=O) groups is 1. The van der Waals surface area contributed by atoms with Crippen LogP contribution in [0.4, 0.5) is 0 Å². The predicted molar refractivity (Wildman–Crippen MR) is 92.5 cm³/mol. The second-order valence-electron chi connectivity index (χ2n) is 5.00. The Kier molecular flexibility index (Phi) is 6.63. The zero-order valence-electron chi connectivity index (χ0n) is 12.9. The smallest absolute Gasteiger partial charge is 0.264 e. The van der Waals surface area contributed by atoms with Crippen molar-refractivity contribution in [2.24, 2.45) is 5.16 Å². The number of carbonyl (C=O) groups excluding carboxylic acids is 1. The van der Waals surface area contributed by atoms with Crippen LogP contribution in [-0.2, 0) is 16.2 Å². The monoisotopic (exact) mass is 330 g/mol. The molecule has 2 rings (SSSR count). The lowest BCUT2D eigenvalue weighted by molar-refractivity contribution is -0.133. The minimum Gasteiger partial charge on any atom is -0.382 e. The molecule has 0 bridgehead atoms. The highest BCUT2D eigenvalue weighted by Gasteiger charge is 2.17. The Labute approximate surface area is 141 Å². The lowest BCUT2D eigenvalue weighted by Crippen LogP contribution is -2.34. The van der Waals surface area contributed by atoms with E-state index in [1.54, 1.807) is 18.3 Å². The van der Waals surface area contributed by atoms with Gasteiger partial charge in [0.2, 0.25) is 6.10 Å². The van der Waals surface area contributed by atoms with Gasteiger partial charge in [-0.05, 0) is 29.7 Å². The van der Waals surface area contributed by atoms with Gasteiger partial charge in [0.1, 0.15) is 0 Å². The van der Waals surface area contributed by atoms with Crippen LogP contribution in [0.5, 0.6) is 0 Å². The molecule has 0 aliphatic heterocycles. The molecule has 0 spiro atoms. The zero-order valence-corrected chi connectivity index (χ0v) is 13.7. The third-order valence-corrected chi connectivity index (χ3v) is 3.45. The Bertz CT molecular complexity index is 659. The molecular formula is C18H19ClN2O2. The highest BCUT2D eigenvalue weighted by Crippen LogP contribution is 2.09. The van der Waals surface area contributed by atoms with E-state index in [1.165, 1.54) is 0 Å². The average Bonchev–Trinajstić information content (AvgIpc) is 2.57. The molecule has 2 aromatic carbocycles. The van der Waals surface area contributed by atoms with Gasteiger partial charge in [0.15, 0.2) is 0 Å². The van der Waals surface area contributed by atoms with Crippen molar-refractivity contribution in [2.45, 2.75) is 26.0 Å². The maximum atomic E-state index is 12.1. The molecule has 1 amide bonds. The lowest BCUT2D eigenvalue weighted by atomic mass is 10.2. The molecule has 0 saturated heterocycles. The van der Waals surface area contributed by atoms with Gasteiger partial charge in [0.05, 0.1) is 6.21 Å². The molecular weight excluding hydrogens is 312 g/mol. The van der Waals surface area contributed by atoms with E-state index in [-0.39, 0.29) is 5.91 Å². The zero-order chi connectivity index (χ0) is 16.5. The van der Waals surface area contributed by atoms with Crippen LogP contribution in [0.1, 0.15) is 24.5 Å². The van der Waals surface area contributed by atoms with Crippen LogP contribution in [0, 0.1) is 0 Å². The minimum absolute atomic E-state index is 0.181. The van der Waals surface area contributed by atoms with Gasteiger partial charge in [-0.1, -0.05) is 66.1 Å². The van der Waals surface area contributed by atoms with E-state index in [2.05, 4.69) is 10.5 Å². The summed E-state index contributed by atoms with van der Waals surface area (Å²) in [7, 11) is 0. The molecule has 0 aliphatic carbocycles. The quantitative estimate of drug-likeness (QED) is 0.620. The Morgan fingerprint density at radius 3 is 2.74 bits per heavy atom. The van der Waals surface area contributed by atoms with Gasteiger partial charge in [-0.2, -0.15) is 0 Å².